The molecule has 0 aliphatic heterocycles. The van der Waals surface area contributed by atoms with Gasteiger partial charge < -0.3 is 14.6 Å². The molecule has 0 unspecified atom stereocenters. The minimum absolute atomic E-state index is 0.147. The van der Waals surface area contributed by atoms with E-state index in [0.717, 1.165) is 0 Å². The van der Waals surface area contributed by atoms with Crippen molar-refractivity contribution in [2.24, 2.45) is 0 Å². The van der Waals surface area contributed by atoms with Crippen LogP contribution in [0.25, 0.3) is 0 Å². The molecule has 0 aliphatic rings. The van der Waals surface area contributed by atoms with Gasteiger partial charge in [0.15, 0.2) is 11.5 Å². The van der Waals surface area contributed by atoms with Crippen molar-refractivity contribution < 1.29 is 23.4 Å². The van der Waals surface area contributed by atoms with E-state index in [1.165, 1.54) is 26.4 Å². The summed E-state index contributed by atoms with van der Waals surface area (Å²) in [5, 5.41) is 9.33. The van der Waals surface area contributed by atoms with Gasteiger partial charge in [0.05, 0.1) is 20.8 Å². The van der Waals surface area contributed by atoms with E-state index in [2.05, 4.69) is 0 Å². The Morgan fingerprint density at radius 3 is 2.06 bits per heavy atom. The lowest BCUT2D eigenvalue weighted by Gasteiger charge is -2.26. The Labute approximate surface area is 105 Å². The van der Waals surface area contributed by atoms with Crippen molar-refractivity contribution in [2.45, 2.75) is 25.7 Å². The molecule has 0 atom stereocenters. The molecule has 0 amide bonds. The van der Waals surface area contributed by atoms with Crippen molar-refractivity contribution in [3.8, 4) is 11.5 Å². The van der Waals surface area contributed by atoms with Crippen LogP contribution >= 0.6 is 0 Å². The van der Waals surface area contributed by atoms with Gasteiger partial charge in [-0.1, -0.05) is 13.8 Å². The predicted molar refractivity (Wildman–Crippen MR) is 64.6 cm³/mol. The number of alkyl halides is 2. The maximum atomic E-state index is 13.1. The van der Waals surface area contributed by atoms with Crippen molar-refractivity contribution in [1.82, 2.24) is 0 Å². The lowest BCUT2D eigenvalue weighted by molar-refractivity contribution is 0.144. The molecule has 0 spiro atoms. The third kappa shape index (κ3) is 2.72. The summed E-state index contributed by atoms with van der Waals surface area (Å²) in [4.78, 5) is 0. The fourth-order valence-electron chi connectivity index (χ4n) is 1.75. The van der Waals surface area contributed by atoms with Crippen LogP contribution in [-0.2, 0) is 5.41 Å². The van der Waals surface area contributed by atoms with E-state index in [1.54, 1.807) is 13.8 Å². The third-order valence-electron chi connectivity index (χ3n) is 2.92. The van der Waals surface area contributed by atoms with Gasteiger partial charge in [0.2, 0.25) is 0 Å². The van der Waals surface area contributed by atoms with Gasteiger partial charge in [-0.05, 0) is 17.7 Å². The topological polar surface area (TPSA) is 38.7 Å². The fraction of sp³-hybridized carbons (Fsp3) is 0.538. The lowest BCUT2D eigenvalue weighted by atomic mass is 9.82. The van der Waals surface area contributed by atoms with E-state index < -0.39 is 11.8 Å². The number of aliphatic hydroxyl groups is 1. The molecular weight excluding hydrogens is 242 g/mol. The largest absolute Gasteiger partial charge is 0.493 e. The summed E-state index contributed by atoms with van der Waals surface area (Å²) < 4.78 is 36.2. The van der Waals surface area contributed by atoms with Crippen LogP contribution in [0.1, 0.15) is 31.4 Å². The van der Waals surface area contributed by atoms with Crippen molar-refractivity contribution in [3.05, 3.63) is 23.3 Å². The molecule has 102 valence electrons. The van der Waals surface area contributed by atoms with Gasteiger partial charge in [0.25, 0.3) is 6.43 Å². The first-order valence-electron chi connectivity index (χ1n) is 5.52. The molecule has 0 radical (unpaired) electrons. The quantitative estimate of drug-likeness (QED) is 0.884. The zero-order valence-corrected chi connectivity index (χ0v) is 11.0. The first kappa shape index (κ1) is 14.7. The summed E-state index contributed by atoms with van der Waals surface area (Å²) in [5.41, 5.74) is -0.560. The van der Waals surface area contributed by atoms with E-state index >= 15 is 0 Å². The normalized spacial score (nSPS) is 11.8. The highest BCUT2D eigenvalue weighted by atomic mass is 19.3. The number of rotatable bonds is 5. The molecule has 0 saturated carbocycles. The smallest absolute Gasteiger partial charge is 0.264 e. The van der Waals surface area contributed by atoms with Gasteiger partial charge in [0, 0.05) is 11.0 Å². The number of benzene rings is 1. The number of aliphatic hydroxyl groups excluding tert-OH is 1. The van der Waals surface area contributed by atoms with Gasteiger partial charge in [-0.25, -0.2) is 8.78 Å². The first-order chi connectivity index (χ1) is 8.37. The third-order valence-corrected chi connectivity index (χ3v) is 2.92. The monoisotopic (exact) mass is 260 g/mol. The second kappa shape index (κ2) is 5.52. The SMILES string of the molecule is COc1cc(C(F)F)c(C(C)(C)CO)cc1OC. The van der Waals surface area contributed by atoms with E-state index in [0.29, 0.717) is 11.3 Å². The van der Waals surface area contributed by atoms with E-state index in [9.17, 15) is 13.9 Å². The Morgan fingerprint density at radius 2 is 1.67 bits per heavy atom. The molecule has 0 heterocycles. The summed E-state index contributed by atoms with van der Waals surface area (Å²) in [6.07, 6.45) is -2.63. The average Bonchev–Trinajstić information content (AvgIpc) is 2.36. The van der Waals surface area contributed by atoms with Crippen LogP contribution in [0.3, 0.4) is 0 Å². The second-order valence-corrected chi connectivity index (χ2v) is 4.64. The molecule has 1 rings (SSSR count). The van der Waals surface area contributed by atoms with Gasteiger partial charge in [0.1, 0.15) is 0 Å². The summed E-state index contributed by atoms with van der Waals surface area (Å²) in [5.74, 6) is 0.628. The molecule has 1 N–H and O–H groups in total. The van der Waals surface area contributed by atoms with Crippen LogP contribution < -0.4 is 9.47 Å². The zero-order chi connectivity index (χ0) is 13.9. The molecule has 3 nitrogen and oxygen atoms in total. The fourth-order valence-corrected chi connectivity index (χ4v) is 1.75. The van der Waals surface area contributed by atoms with E-state index in [1.807, 2.05) is 0 Å². The molecule has 0 aliphatic carbocycles. The van der Waals surface area contributed by atoms with Crippen LogP contribution in [0.15, 0.2) is 12.1 Å². The molecule has 1 aromatic rings. The maximum Gasteiger partial charge on any atom is 0.264 e. The van der Waals surface area contributed by atoms with Crippen molar-refractivity contribution in [1.29, 1.82) is 0 Å². The predicted octanol–water partition coefficient (Wildman–Crippen LogP) is 2.91. The Morgan fingerprint density at radius 1 is 1.17 bits per heavy atom. The van der Waals surface area contributed by atoms with Gasteiger partial charge >= 0.3 is 0 Å². The average molecular weight is 260 g/mol. The summed E-state index contributed by atoms with van der Waals surface area (Å²) in [6.45, 7) is 3.16. The van der Waals surface area contributed by atoms with Crippen molar-refractivity contribution >= 4 is 0 Å². The minimum Gasteiger partial charge on any atom is -0.493 e. The Balaban J connectivity index is 3.48. The highest BCUT2D eigenvalue weighted by Crippen LogP contribution is 2.39. The molecular formula is C13H18F2O3. The molecule has 0 bridgehead atoms. The summed E-state index contributed by atoms with van der Waals surface area (Å²) >= 11 is 0. The Bertz CT molecular complexity index is 417. The molecule has 0 aromatic heterocycles. The van der Waals surface area contributed by atoms with E-state index in [4.69, 9.17) is 9.47 Å². The Kier molecular flexibility index (Phi) is 4.51. The van der Waals surface area contributed by atoms with Crippen LogP contribution in [0.4, 0.5) is 8.78 Å². The molecule has 1 aromatic carbocycles. The van der Waals surface area contributed by atoms with Gasteiger partial charge in [-0.3, -0.25) is 0 Å². The van der Waals surface area contributed by atoms with Crippen molar-refractivity contribution in [2.75, 3.05) is 20.8 Å². The minimum atomic E-state index is -2.63. The van der Waals surface area contributed by atoms with Crippen LogP contribution in [0, 0.1) is 0 Å². The standard InChI is InChI=1S/C13H18F2O3/c1-13(2,7-16)9-6-11(18-4)10(17-3)5-8(9)12(14)15/h5-6,12,16H,7H2,1-4H3. The number of hydrogen-bond donors (Lipinski definition) is 1. The molecule has 0 saturated heterocycles. The molecule has 18 heavy (non-hydrogen) atoms. The second-order valence-electron chi connectivity index (χ2n) is 4.64. The van der Waals surface area contributed by atoms with E-state index in [-0.39, 0.29) is 17.9 Å². The zero-order valence-electron chi connectivity index (χ0n) is 11.0. The lowest BCUT2D eigenvalue weighted by Crippen LogP contribution is -2.24. The maximum absolute atomic E-state index is 13.1. The summed E-state index contributed by atoms with van der Waals surface area (Å²) in [7, 11) is 2.83. The number of hydrogen-bond acceptors (Lipinski definition) is 3. The molecule has 5 heteroatoms. The first-order valence-corrected chi connectivity index (χ1v) is 5.52. The molecule has 0 fully saturated rings. The van der Waals surface area contributed by atoms with Crippen molar-refractivity contribution in [3.63, 3.8) is 0 Å². The number of halogens is 2. The highest BCUT2D eigenvalue weighted by molar-refractivity contribution is 5.50. The van der Waals surface area contributed by atoms with Crippen LogP contribution in [0.2, 0.25) is 0 Å². The van der Waals surface area contributed by atoms with Gasteiger partial charge in [-0.2, -0.15) is 0 Å². The summed E-state index contributed by atoms with van der Waals surface area (Å²) in [6, 6.07) is 2.76. The van der Waals surface area contributed by atoms with Crippen LogP contribution in [-0.4, -0.2) is 25.9 Å². The highest BCUT2D eigenvalue weighted by Gasteiger charge is 2.28. The van der Waals surface area contributed by atoms with Gasteiger partial charge in [-0.15, -0.1) is 0 Å². The Hall–Kier alpha value is -1.36. The van der Waals surface area contributed by atoms with Crippen LogP contribution in [0.5, 0.6) is 11.5 Å². The number of methoxy groups -OCH3 is 2. The number of ether oxygens (including phenoxy) is 2.